The average Bonchev–Trinajstić information content (AvgIpc) is 2.81. The molecule has 1 heterocycles. The van der Waals surface area contributed by atoms with Crippen LogP contribution in [0.4, 0.5) is 4.79 Å². The molecule has 1 rings (SSSR count). The Morgan fingerprint density at radius 1 is 1.39 bits per heavy atom. The van der Waals surface area contributed by atoms with Crippen molar-refractivity contribution in [3.63, 3.8) is 0 Å². The van der Waals surface area contributed by atoms with Gasteiger partial charge in [-0.2, -0.15) is 0 Å². The van der Waals surface area contributed by atoms with E-state index in [1.165, 1.54) is 12.1 Å². The Balaban J connectivity index is 2.23. The fourth-order valence-corrected chi connectivity index (χ4v) is 1.20. The molecule has 1 aromatic heterocycles. The lowest BCUT2D eigenvalue weighted by atomic mass is 10.4. The summed E-state index contributed by atoms with van der Waals surface area (Å²) < 4.78 is 10.0. The minimum Gasteiger partial charge on any atom is -0.475 e. The number of amides is 2. The van der Waals surface area contributed by atoms with Gasteiger partial charge in [-0.3, -0.25) is 0 Å². The molecule has 7 nitrogen and oxygen atoms in total. The van der Waals surface area contributed by atoms with Crippen LogP contribution in [0.2, 0.25) is 0 Å². The third kappa shape index (κ3) is 4.88. The molecule has 3 N–H and O–H groups in total. The molecule has 0 spiro atoms. The van der Waals surface area contributed by atoms with Crippen LogP contribution in [0, 0.1) is 0 Å². The summed E-state index contributed by atoms with van der Waals surface area (Å²) in [7, 11) is 0. The number of carbonyl (C=O) groups is 2. The van der Waals surface area contributed by atoms with Crippen LogP contribution in [0.25, 0.3) is 0 Å². The summed E-state index contributed by atoms with van der Waals surface area (Å²) >= 11 is 0. The molecule has 2 amide bonds. The first-order valence-electron chi connectivity index (χ1n) is 5.55. The zero-order valence-corrected chi connectivity index (χ0v) is 10.1. The highest BCUT2D eigenvalue weighted by atomic mass is 16.5. The van der Waals surface area contributed by atoms with E-state index in [-0.39, 0.29) is 18.3 Å². The fraction of sp³-hybridized carbons (Fsp3) is 0.455. The molecule has 0 aliphatic carbocycles. The van der Waals surface area contributed by atoms with Crippen LogP contribution < -0.4 is 10.6 Å². The second kappa shape index (κ2) is 7.33. The van der Waals surface area contributed by atoms with Gasteiger partial charge in [0, 0.05) is 13.2 Å². The van der Waals surface area contributed by atoms with Gasteiger partial charge in [-0.25, -0.2) is 9.59 Å². The number of hydrogen-bond donors (Lipinski definition) is 3. The van der Waals surface area contributed by atoms with Crippen LogP contribution in [0.15, 0.2) is 16.5 Å². The molecule has 18 heavy (non-hydrogen) atoms. The molecule has 1 aromatic rings. The maximum Gasteiger partial charge on any atom is 0.371 e. The number of carboxylic acid groups (broad SMARTS) is 1. The summed E-state index contributed by atoms with van der Waals surface area (Å²) in [5, 5.41) is 13.8. The smallest absolute Gasteiger partial charge is 0.371 e. The minimum atomic E-state index is -1.14. The van der Waals surface area contributed by atoms with Gasteiger partial charge < -0.3 is 24.9 Å². The van der Waals surface area contributed by atoms with Crippen molar-refractivity contribution in [3.05, 3.63) is 23.7 Å². The zero-order chi connectivity index (χ0) is 13.4. The molecule has 0 unspecified atom stereocenters. The van der Waals surface area contributed by atoms with Gasteiger partial charge in [0.15, 0.2) is 0 Å². The van der Waals surface area contributed by atoms with Crippen molar-refractivity contribution in [3.8, 4) is 0 Å². The van der Waals surface area contributed by atoms with E-state index in [2.05, 4.69) is 10.6 Å². The lowest BCUT2D eigenvalue weighted by Crippen LogP contribution is -2.36. The van der Waals surface area contributed by atoms with E-state index >= 15 is 0 Å². The first kappa shape index (κ1) is 14.0. The third-order valence-corrected chi connectivity index (χ3v) is 2.03. The summed E-state index contributed by atoms with van der Waals surface area (Å²) in [6, 6.07) is 2.49. The van der Waals surface area contributed by atoms with Gasteiger partial charge in [-0.05, 0) is 19.1 Å². The van der Waals surface area contributed by atoms with Gasteiger partial charge in [0.05, 0.1) is 13.2 Å². The summed E-state index contributed by atoms with van der Waals surface area (Å²) in [5.74, 6) is -0.904. The Hall–Kier alpha value is -2.02. The van der Waals surface area contributed by atoms with Crippen LogP contribution in [-0.4, -0.2) is 36.9 Å². The molecule has 0 saturated heterocycles. The molecule has 0 aliphatic heterocycles. The van der Waals surface area contributed by atoms with Crippen LogP contribution in [-0.2, 0) is 11.3 Å². The summed E-state index contributed by atoms with van der Waals surface area (Å²) in [6.07, 6.45) is 0. The number of nitrogens with one attached hydrogen (secondary N) is 2. The van der Waals surface area contributed by atoms with Crippen LogP contribution in [0.3, 0.4) is 0 Å². The predicted molar refractivity (Wildman–Crippen MR) is 62.4 cm³/mol. The number of carbonyl (C=O) groups excluding carboxylic acids is 1. The van der Waals surface area contributed by atoms with Crippen LogP contribution in [0.1, 0.15) is 23.2 Å². The van der Waals surface area contributed by atoms with Gasteiger partial charge in [0.1, 0.15) is 5.76 Å². The number of urea groups is 1. The van der Waals surface area contributed by atoms with Crippen molar-refractivity contribution in [1.82, 2.24) is 10.6 Å². The van der Waals surface area contributed by atoms with E-state index in [9.17, 15) is 9.59 Å². The Morgan fingerprint density at radius 2 is 2.17 bits per heavy atom. The number of ether oxygens (including phenoxy) is 1. The van der Waals surface area contributed by atoms with Crippen molar-refractivity contribution < 1.29 is 23.8 Å². The second-order valence-electron chi connectivity index (χ2n) is 3.38. The van der Waals surface area contributed by atoms with Crippen molar-refractivity contribution in [1.29, 1.82) is 0 Å². The molecule has 100 valence electrons. The van der Waals surface area contributed by atoms with E-state index in [1.54, 1.807) is 0 Å². The van der Waals surface area contributed by atoms with Crippen molar-refractivity contribution in [2.45, 2.75) is 13.5 Å². The number of furan rings is 1. The summed E-state index contributed by atoms with van der Waals surface area (Å²) in [5.41, 5.74) is 0. The highest BCUT2D eigenvalue weighted by molar-refractivity contribution is 5.84. The Morgan fingerprint density at radius 3 is 2.78 bits per heavy atom. The lowest BCUT2D eigenvalue weighted by molar-refractivity contribution is 0.0660. The zero-order valence-electron chi connectivity index (χ0n) is 10.1. The molecular weight excluding hydrogens is 240 g/mol. The van der Waals surface area contributed by atoms with Crippen molar-refractivity contribution in [2.24, 2.45) is 0 Å². The normalized spacial score (nSPS) is 10.1. The van der Waals surface area contributed by atoms with E-state index < -0.39 is 5.97 Å². The van der Waals surface area contributed by atoms with Gasteiger partial charge >= 0.3 is 12.0 Å². The maximum absolute atomic E-state index is 11.3. The molecule has 0 saturated carbocycles. The summed E-state index contributed by atoms with van der Waals surface area (Å²) in [4.78, 5) is 21.8. The van der Waals surface area contributed by atoms with E-state index in [1.807, 2.05) is 6.92 Å². The topological polar surface area (TPSA) is 101 Å². The molecule has 7 heteroatoms. The highest BCUT2D eigenvalue weighted by Gasteiger charge is 2.09. The molecule has 0 bridgehead atoms. The first-order valence-corrected chi connectivity index (χ1v) is 5.55. The quantitative estimate of drug-likeness (QED) is 0.627. The Kier molecular flexibility index (Phi) is 5.72. The molecule has 0 fully saturated rings. The molecule has 0 radical (unpaired) electrons. The monoisotopic (exact) mass is 256 g/mol. The molecule has 0 aliphatic rings. The number of hydrogen-bond acceptors (Lipinski definition) is 4. The predicted octanol–water partition coefficient (Wildman–Crippen LogP) is 0.813. The largest absolute Gasteiger partial charge is 0.475 e. The van der Waals surface area contributed by atoms with E-state index in [0.29, 0.717) is 25.5 Å². The number of carboxylic acids is 1. The standard InChI is InChI=1S/C11H16N2O5/c1-2-17-6-5-12-11(16)13-7-8-3-4-9(18-8)10(14)15/h3-4H,2,5-7H2,1H3,(H,14,15)(H2,12,13,16). The van der Waals surface area contributed by atoms with Crippen molar-refractivity contribution in [2.75, 3.05) is 19.8 Å². The molecular formula is C11H16N2O5. The van der Waals surface area contributed by atoms with E-state index in [0.717, 1.165) is 0 Å². The maximum atomic E-state index is 11.3. The van der Waals surface area contributed by atoms with Gasteiger partial charge in [-0.15, -0.1) is 0 Å². The SMILES string of the molecule is CCOCCNC(=O)NCc1ccc(C(=O)O)o1. The second-order valence-corrected chi connectivity index (χ2v) is 3.38. The van der Waals surface area contributed by atoms with Crippen molar-refractivity contribution >= 4 is 12.0 Å². The fourth-order valence-electron chi connectivity index (χ4n) is 1.20. The molecule has 0 atom stereocenters. The van der Waals surface area contributed by atoms with Gasteiger partial charge in [0.25, 0.3) is 0 Å². The minimum absolute atomic E-state index is 0.133. The number of aromatic carboxylic acids is 1. The number of rotatable bonds is 7. The van der Waals surface area contributed by atoms with Gasteiger partial charge in [-0.1, -0.05) is 0 Å². The highest BCUT2D eigenvalue weighted by Crippen LogP contribution is 2.07. The molecule has 0 aromatic carbocycles. The Bertz CT molecular complexity index is 402. The van der Waals surface area contributed by atoms with Gasteiger partial charge in [0.2, 0.25) is 5.76 Å². The third-order valence-electron chi connectivity index (χ3n) is 2.03. The van der Waals surface area contributed by atoms with E-state index in [4.69, 9.17) is 14.3 Å². The summed E-state index contributed by atoms with van der Waals surface area (Å²) in [6.45, 7) is 3.48. The Labute approximate surface area is 104 Å². The first-order chi connectivity index (χ1) is 8.63. The van der Waals surface area contributed by atoms with Crippen LogP contribution in [0.5, 0.6) is 0 Å². The lowest BCUT2D eigenvalue weighted by Gasteiger charge is -2.06. The van der Waals surface area contributed by atoms with Crippen LogP contribution >= 0.6 is 0 Å². The average molecular weight is 256 g/mol.